The molecular formula is C22H33N3O2. The zero-order valence-electron chi connectivity index (χ0n) is 17.6. The van der Waals surface area contributed by atoms with E-state index >= 15 is 0 Å². The maximum Gasteiger partial charge on any atom is 0.257 e. The van der Waals surface area contributed by atoms with Gasteiger partial charge >= 0.3 is 0 Å². The minimum Gasteiger partial charge on any atom is -0.496 e. The number of benzene rings is 1. The molecule has 0 bridgehead atoms. The summed E-state index contributed by atoms with van der Waals surface area (Å²) >= 11 is 0. The lowest BCUT2D eigenvalue weighted by molar-refractivity contribution is 0.397. The van der Waals surface area contributed by atoms with E-state index in [1.807, 2.05) is 0 Å². The Kier molecular flexibility index (Phi) is 7.89. The van der Waals surface area contributed by atoms with Crippen molar-refractivity contribution in [3.05, 3.63) is 29.5 Å². The molecule has 1 aromatic carbocycles. The smallest absolute Gasteiger partial charge is 0.257 e. The van der Waals surface area contributed by atoms with Crippen LogP contribution in [0.15, 0.2) is 18.2 Å². The van der Waals surface area contributed by atoms with Gasteiger partial charge in [0, 0.05) is 12.1 Å². The lowest BCUT2D eigenvalue weighted by Gasteiger charge is -2.17. The summed E-state index contributed by atoms with van der Waals surface area (Å²) in [5.41, 5.74) is 3.94. The SMILES string of the molecule is CCCCCNc1nc(CC)c(-c2ccc(C(C)C)cc2OC)nc1OC. The summed E-state index contributed by atoms with van der Waals surface area (Å²) in [4.78, 5) is 9.60. The third kappa shape index (κ3) is 5.12. The van der Waals surface area contributed by atoms with Crippen LogP contribution in [0, 0.1) is 0 Å². The number of unbranched alkanes of at least 4 members (excludes halogenated alkanes) is 2. The van der Waals surface area contributed by atoms with Crippen LogP contribution >= 0.6 is 0 Å². The Labute approximate surface area is 163 Å². The number of aromatic nitrogens is 2. The summed E-state index contributed by atoms with van der Waals surface area (Å²) in [6.45, 7) is 9.51. The number of anilines is 1. The van der Waals surface area contributed by atoms with Gasteiger partial charge in [0.2, 0.25) is 0 Å². The van der Waals surface area contributed by atoms with Gasteiger partial charge in [-0.1, -0.05) is 46.6 Å². The second-order valence-electron chi connectivity index (χ2n) is 6.98. The Bertz CT molecular complexity index is 745. The van der Waals surface area contributed by atoms with Crippen molar-refractivity contribution in [1.29, 1.82) is 0 Å². The van der Waals surface area contributed by atoms with Gasteiger partial charge in [-0.2, -0.15) is 0 Å². The van der Waals surface area contributed by atoms with E-state index in [-0.39, 0.29) is 0 Å². The molecule has 5 nitrogen and oxygen atoms in total. The molecule has 0 saturated heterocycles. The van der Waals surface area contributed by atoms with Gasteiger partial charge in [0.1, 0.15) is 5.75 Å². The maximum absolute atomic E-state index is 5.66. The second-order valence-corrected chi connectivity index (χ2v) is 6.98. The molecule has 0 fully saturated rings. The largest absolute Gasteiger partial charge is 0.496 e. The molecule has 0 spiro atoms. The maximum atomic E-state index is 5.66. The van der Waals surface area contributed by atoms with Crippen LogP contribution in [-0.4, -0.2) is 30.7 Å². The molecule has 0 aliphatic heterocycles. The van der Waals surface area contributed by atoms with E-state index in [4.69, 9.17) is 19.4 Å². The standard InChI is InChI=1S/C22H33N3O2/c1-7-9-10-13-23-21-22(27-6)25-20(18(8-2)24-21)17-12-11-16(15(3)4)14-19(17)26-5/h11-12,14-15H,7-10,13H2,1-6H3,(H,23,24). The Balaban J connectivity index is 2.44. The van der Waals surface area contributed by atoms with Crippen molar-refractivity contribution in [3.8, 4) is 22.9 Å². The normalized spacial score (nSPS) is 10.9. The highest BCUT2D eigenvalue weighted by atomic mass is 16.5. The summed E-state index contributed by atoms with van der Waals surface area (Å²) in [5.74, 6) is 2.49. The molecule has 1 N–H and O–H groups in total. The van der Waals surface area contributed by atoms with E-state index in [2.05, 4.69) is 51.2 Å². The molecule has 1 aromatic heterocycles. The van der Waals surface area contributed by atoms with Crippen molar-refractivity contribution in [1.82, 2.24) is 9.97 Å². The minimum atomic E-state index is 0.439. The number of ether oxygens (including phenoxy) is 2. The highest BCUT2D eigenvalue weighted by Crippen LogP contribution is 2.36. The van der Waals surface area contributed by atoms with Gasteiger partial charge in [-0.05, 0) is 36.5 Å². The van der Waals surface area contributed by atoms with Crippen LogP contribution in [-0.2, 0) is 6.42 Å². The quantitative estimate of drug-likeness (QED) is 0.563. The number of nitrogens with one attached hydrogen (secondary N) is 1. The van der Waals surface area contributed by atoms with E-state index < -0.39 is 0 Å². The molecule has 0 aliphatic carbocycles. The first-order valence-electron chi connectivity index (χ1n) is 9.92. The van der Waals surface area contributed by atoms with Crippen molar-refractivity contribution < 1.29 is 9.47 Å². The van der Waals surface area contributed by atoms with Crippen molar-refractivity contribution in [2.24, 2.45) is 0 Å². The van der Waals surface area contributed by atoms with Crippen LogP contribution in [0.25, 0.3) is 11.3 Å². The monoisotopic (exact) mass is 371 g/mol. The molecule has 0 amide bonds. The number of nitrogens with zero attached hydrogens (tertiary/aromatic N) is 2. The molecule has 2 rings (SSSR count). The van der Waals surface area contributed by atoms with Crippen LogP contribution in [0.1, 0.15) is 64.1 Å². The molecule has 5 heteroatoms. The summed E-state index contributed by atoms with van der Waals surface area (Å²) < 4.78 is 11.2. The topological polar surface area (TPSA) is 56.3 Å². The van der Waals surface area contributed by atoms with Crippen molar-refractivity contribution in [2.75, 3.05) is 26.1 Å². The molecule has 0 saturated carbocycles. The zero-order valence-corrected chi connectivity index (χ0v) is 17.6. The van der Waals surface area contributed by atoms with E-state index in [1.54, 1.807) is 14.2 Å². The third-order valence-electron chi connectivity index (χ3n) is 4.68. The van der Waals surface area contributed by atoms with E-state index in [0.29, 0.717) is 17.6 Å². The van der Waals surface area contributed by atoms with Gasteiger partial charge < -0.3 is 14.8 Å². The second kappa shape index (κ2) is 10.1. The zero-order chi connectivity index (χ0) is 19.8. The Morgan fingerprint density at radius 1 is 1.04 bits per heavy atom. The van der Waals surface area contributed by atoms with E-state index in [1.165, 1.54) is 18.4 Å². The van der Waals surface area contributed by atoms with Crippen LogP contribution in [0.2, 0.25) is 0 Å². The first kappa shape index (κ1) is 21.0. The van der Waals surface area contributed by atoms with Gasteiger partial charge in [-0.15, -0.1) is 0 Å². The minimum absolute atomic E-state index is 0.439. The molecule has 1 heterocycles. The molecule has 0 unspecified atom stereocenters. The number of methoxy groups -OCH3 is 2. The fourth-order valence-electron chi connectivity index (χ4n) is 3.02. The molecule has 0 atom stereocenters. The average Bonchev–Trinajstić information content (AvgIpc) is 2.70. The molecule has 0 aliphatic rings. The molecule has 0 radical (unpaired) electrons. The fraction of sp³-hybridized carbons (Fsp3) is 0.545. The first-order chi connectivity index (χ1) is 13.0. The van der Waals surface area contributed by atoms with Crippen LogP contribution in [0.5, 0.6) is 11.6 Å². The van der Waals surface area contributed by atoms with Gasteiger partial charge in [-0.3, -0.25) is 0 Å². The lowest BCUT2D eigenvalue weighted by atomic mass is 9.98. The number of hydrogen-bond acceptors (Lipinski definition) is 5. The van der Waals surface area contributed by atoms with Gasteiger partial charge in [0.25, 0.3) is 5.88 Å². The van der Waals surface area contributed by atoms with Gasteiger partial charge in [0.05, 0.1) is 25.6 Å². The highest BCUT2D eigenvalue weighted by molar-refractivity contribution is 5.71. The predicted molar refractivity (Wildman–Crippen MR) is 112 cm³/mol. The van der Waals surface area contributed by atoms with Crippen LogP contribution in [0.4, 0.5) is 5.82 Å². The highest BCUT2D eigenvalue weighted by Gasteiger charge is 2.18. The van der Waals surface area contributed by atoms with Crippen molar-refractivity contribution in [3.63, 3.8) is 0 Å². The van der Waals surface area contributed by atoms with Gasteiger partial charge in [0.15, 0.2) is 5.82 Å². The summed E-state index contributed by atoms with van der Waals surface area (Å²) in [5, 5.41) is 3.38. The molecule has 148 valence electrons. The van der Waals surface area contributed by atoms with Gasteiger partial charge in [-0.25, -0.2) is 9.97 Å². The molecular weight excluding hydrogens is 338 g/mol. The summed E-state index contributed by atoms with van der Waals surface area (Å²) in [6.07, 6.45) is 4.27. The first-order valence-corrected chi connectivity index (χ1v) is 9.92. The Hall–Kier alpha value is -2.30. The summed E-state index contributed by atoms with van der Waals surface area (Å²) in [6, 6.07) is 6.29. The Morgan fingerprint density at radius 3 is 2.41 bits per heavy atom. The Morgan fingerprint density at radius 2 is 1.81 bits per heavy atom. The van der Waals surface area contributed by atoms with Crippen molar-refractivity contribution in [2.45, 2.75) is 59.3 Å². The molecule has 27 heavy (non-hydrogen) atoms. The van der Waals surface area contributed by atoms with Crippen LogP contribution < -0.4 is 14.8 Å². The number of aryl methyl sites for hydroxylation is 1. The lowest BCUT2D eigenvalue weighted by Crippen LogP contribution is -2.09. The molecule has 2 aromatic rings. The van der Waals surface area contributed by atoms with E-state index in [0.717, 1.165) is 42.1 Å². The average molecular weight is 372 g/mol. The van der Waals surface area contributed by atoms with E-state index in [9.17, 15) is 0 Å². The fourth-order valence-corrected chi connectivity index (χ4v) is 3.02. The van der Waals surface area contributed by atoms with Crippen LogP contribution in [0.3, 0.4) is 0 Å². The third-order valence-corrected chi connectivity index (χ3v) is 4.68. The van der Waals surface area contributed by atoms with Crippen molar-refractivity contribution >= 4 is 5.82 Å². The number of hydrogen-bond donors (Lipinski definition) is 1. The number of rotatable bonds is 10. The predicted octanol–water partition coefficient (Wildman–Crippen LogP) is 5.45. The summed E-state index contributed by atoms with van der Waals surface area (Å²) in [7, 11) is 3.33.